The van der Waals surface area contributed by atoms with Gasteiger partial charge in [0.1, 0.15) is 5.75 Å². The molecule has 2 aromatic rings. The van der Waals surface area contributed by atoms with Gasteiger partial charge in [0.05, 0.1) is 7.11 Å². The summed E-state index contributed by atoms with van der Waals surface area (Å²) in [5.74, 6) is 0.916. The third-order valence-electron chi connectivity index (χ3n) is 5.91. The van der Waals surface area contributed by atoms with E-state index in [1.807, 2.05) is 0 Å². The molecule has 0 spiro atoms. The van der Waals surface area contributed by atoms with E-state index in [0.29, 0.717) is 0 Å². The van der Waals surface area contributed by atoms with Gasteiger partial charge in [-0.25, -0.2) is 0 Å². The molecule has 1 heterocycles. The van der Waals surface area contributed by atoms with Crippen molar-refractivity contribution in [2.75, 3.05) is 59.5 Å². The van der Waals surface area contributed by atoms with Crippen LogP contribution in [0.1, 0.15) is 24.0 Å². The van der Waals surface area contributed by atoms with E-state index < -0.39 is 0 Å². The smallest absolute Gasteiger partial charge is 0.118 e. The minimum absolute atomic E-state index is 0.797. The summed E-state index contributed by atoms with van der Waals surface area (Å²) in [4.78, 5) is 7.73. The van der Waals surface area contributed by atoms with E-state index in [4.69, 9.17) is 10.5 Å². The quantitative estimate of drug-likeness (QED) is 0.583. The van der Waals surface area contributed by atoms with Gasteiger partial charge in [-0.05, 0) is 55.7 Å². The molecule has 0 unspecified atom stereocenters. The van der Waals surface area contributed by atoms with Gasteiger partial charge in [-0.3, -0.25) is 4.90 Å². The summed E-state index contributed by atoms with van der Waals surface area (Å²) < 4.78 is 5.30. The van der Waals surface area contributed by atoms with Gasteiger partial charge in [-0.15, -0.1) is 0 Å². The fraction of sp³-hybridized carbons (Fsp3) is 0.520. The van der Waals surface area contributed by atoms with Crippen LogP contribution in [-0.2, 0) is 13.1 Å². The van der Waals surface area contributed by atoms with Gasteiger partial charge in [-0.1, -0.05) is 42.5 Å². The van der Waals surface area contributed by atoms with E-state index in [9.17, 15) is 0 Å². The number of nitrogens with zero attached hydrogens (tertiary/aromatic N) is 3. The van der Waals surface area contributed by atoms with E-state index in [-0.39, 0.29) is 0 Å². The summed E-state index contributed by atoms with van der Waals surface area (Å²) >= 11 is 0. The van der Waals surface area contributed by atoms with Gasteiger partial charge < -0.3 is 20.3 Å². The van der Waals surface area contributed by atoms with E-state index in [1.54, 1.807) is 7.11 Å². The molecule has 1 aliphatic heterocycles. The Balaban J connectivity index is 1.48. The number of rotatable bonds is 12. The SMILES string of the molecule is COc1ccc(CN(CCCN2CCN(CCCN)CC2)Cc2ccccc2)cc1. The molecule has 2 N–H and O–H groups in total. The summed E-state index contributed by atoms with van der Waals surface area (Å²) in [6.45, 7) is 10.9. The summed E-state index contributed by atoms with van der Waals surface area (Å²) in [7, 11) is 1.72. The molecule has 164 valence electrons. The molecule has 1 fully saturated rings. The van der Waals surface area contributed by atoms with Crippen molar-refractivity contribution in [3.05, 3.63) is 65.7 Å². The first-order valence-corrected chi connectivity index (χ1v) is 11.3. The van der Waals surface area contributed by atoms with Crippen LogP contribution in [0.3, 0.4) is 0 Å². The molecule has 0 bridgehead atoms. The average molecular weight is 411 g/mol. The maximum atomic E-state index is 5.64. The molecule has 0 aliphatic carbocycles. The number of benzene rings is 2. The summed E-state index contributed by atoms with van der Waals surface area (Å²) in [6, 6.07) is 19.3. The van der Waals surface area contributed by atoms with E-state index in [1.165, 1.54) is 50.3 Å². The van der Waals surface area contributed by atoms with Crippen LogP contribution in [0.25, 0.3) is 0 Å². The first-order valence-electron chi connectivity index (χ1n) is 11.3. The lowest BCUT2D eigenvalue weighted by molar-refractivity contribution is 0.125. The predicted octanol–water partition coefficient (Wildman–Crippen LogP) is 3.05. The fourth-order valence-corrected chi connectivity index (χ4v) is 4.11. The van der Waals surface area contributed by atoms with Crippen molar-refractivity contribution in [2.24, 2.45) is 5.73 Å². The topological polar surface area (TPSA) is 45.0 Å². The number of nitrogens with two attached hydrogens (primary N) is 1. The van der Waals surface area contributed by atoms with E-state index in [2.05, 4.69) is 69.3 Å². The Kier molecular flexibility index (Phi) is 9.64. The maximum absolute atomic E-state index is 5.64. The second-order valence-corrected chi connectivity index (χ2v) is 8.22. The Bertz CT molecular complexity index is 699. The van der Waals surface area contributed by atoms with Crippen LogP contribution in [0.15, 0.2) is 54.6 Å². The van der Waals surface area contributed by atoms with Crippen LogP contribution >= 0.6 is 0 Å². The van der Waals surface area contributed by atoms with Gasteiger partial charge >= 0.3 is 0 Å². The van der Waals surface area contributed by atoms with Crippen molar-refractivity contribution in [3.63, 3.8) is 0 Å². The lowest BCUT2D eigenvalue weighted by Crippen LogP contribution is -2.47. The molecular formula is C25H38N4O. The molecule has 1 aliphatic rings. The lowest BCUT2D eigenvalue weighted by Gasteiger charge is -2.35. The van der Waals surface area contributed by atoms with E-state index in [0.717, 1.165) is 44.9 Å². The zero-order valence-electron chi connectivity index (χ0n) is 18.5. The number of hydrogen-bond acceptors (Lipinski definition) is 5. The molecule has 0 radical (unpaired) electrons. The first-order chi connectivity index (χ1) is 14.8. The van der Waals surface area contributed by atoms with Crippen molar-refractivity contribution in [3.8, 4) is 5.75 Å². The largest absolute Gasteiger partial charge is 0.497 e. The van der Waals surface area contributed by atoms with Crippen LogP contribution < -0.4 is 10.5 Å². The highest BCUT2D eigenvalue weighted by molar-refractivity contribution is 5.27. The molecule has 30 heavy (non-hydrogen) atoms. The number of methoxy groups -OCH3 is 1. The molecule has 0 aromatic heterocycles. The highest BCUT2D eigenvalue weighted by Crippen LogP contribution is 2.15. The molecular weight excluding hydrogens is 372 g/mol. The maximum Gasteiger partial charge on any atom is 0.118 e. The average Bonchev–Trinajstić information content (AvgIpc) is 2.79. The van der Waals surface area contributed by atoms with Crippen LogP contribution in [-0.4, -0.2) is 74.2 Å². The molecule has 1 saturated heterocycles. The number of ether oxygens (including phenoxy) is 1. The highest BCUT2D eigenvalue weighted by atomic mass is 16.5. The Morgan fingerprint density at radius 3 is 1.93 bits per heavy atom. The van der Waals surface area contributed by atoms with Crippen molar-refractivity contribution in [1.29, 1.82) is 0 Å². The monoisotopic (exact) mass is 410 g/mol. The van der Waals surface area contributed by atoms with Gasteiger partial charge in [0.25, 0.3) is 0 Å². The fourth-order valence-electron chi connectivity index (χ4n) is 4.11. The third kappa shape index (κ3) is 7.73. The number of piperazine rings is 1. The second-order valence-electron chi connectivity index (χ2n) is 8.22. The zero-order chi connectivity index (χ0) is 21.0. The van der Waals surface area contributed by atoms with Crippen molar-refractivity contribution in [1.82, 2.24) is 14.7 Å². The van der Waals surface area contributed by atoms with Crippen LogP contribution in [0.4, 0.5) is 0 Å². The Hall–Kier alpha value is -1.92. The molecule has 3 rings (SSSR count). The minimum Gasteiger partial charge on any atom is -0.497 e. The van der Waals surface area contributed by atoms with Gasteiger partial charge in [0.15, 0.2) is 0 Å². The standard InChI is InChI=1S/C25H38N4O/c1-30-25-11-9-24(10-12-25)22-29(21-23-7-3-2-4-8-23)16-6-15-28-19-17-27(18-20-28)14-5-13-26/h2-4,7-12H,5-6,13-22,26H2,1H3. The number of hydrogen-bond donors (Lipinski definition) is 1. The second kappa shape index (κ2) is 12.7. The molecule has 0 amide bonds. The molecule has 5 heteroatoms. The lowest BCUT2D eigenvalue weighted by atomic mass is 10.1. The van der Waals surface area contributed by atoms with Gasteiger partial charge in [0, 0.05) is 45.8 Å². The summed E-state index contributed by atoms with van der Waals surface area (Å²) in [5, 5.41) is 0. The highest BCUT2D eigenvalue weighted by Gasteiger charge is 2.16. The first kappa shape index (κ1) is 22.8. The normalized spacial score (nSPS) is 15.6. The van der Waals surface area contributed by atoms with E-state index >= 15 is 0 Å². The molecule has 2 aromatic carbocycles. The van der Waals surface area contributed by atoms with Crippen molar-refractivity contribution >= 4 is 0 Å². The van der Waals surface area contributed by atoms with Crippen LogP contribution in [0.5, 0.6) is 5.75 Å². The Morgan fingerprint density at radius 2 is 1.37 bits per heavy atom. The van der Waals surface area contributed by atoms with Crippen molar-refractivity contribution < 1.29 is 4.74 Å². The Morgan fingerprint density at radius 1 is 0.800 bits per heavy atom. The summed E-state index contributed by atoms with van der Waals surface area (Å²) in [6.07, 6.45) is 2.31. The Labute approximate surface area is 182 Å². The van der Waals surface area contributed by atoms with Gasteiger partial charge in [-0.2, -0.15) is 0 Å². The molecule has 0 atom stereocenters. The molecule has 5 nitrogen and oxygen atoms in total. The van der Waals surface area contributed by atoms with Crippen LogP contribution in [0, 0.1) is 0 Å². The zero-order valence-corrected chi connectivity index (χ0v) is 18.5. The molecule has 0 saturated carbocycles. The third-order valence-corrected chi connectivity index (χ3v) is 5.91. The van der Waals surface area contributed by atoms with Crippen LogP contribution in [0.2, 0.25) is 0 Å². The minimum atomic E-state index is 0.797. The van der Waals surface area contributed by atoms with Gasteiger partial charge in [0.2, 0.25) is 0 Å². The predicted molar refractivity (Wildman–Crippen MR) is 125 cm³/mol. The van der Waals surface area contributed by atoms with Crippen molar-refractivity contribution in [2.45, 2.75) is 25.9 Å². The summed E-state index contributed by atoms with van der Waals surface area (Å²) in [5.41, 5.74) is 8.35.